The van der Waals surface area contributed by atoms with E-state index in [4.69, 9.17) is 4.99 Å². The molecule has 0 amide bonds. The van der Waals surface area contributed by atoms with Gasteiger partial charge in [0.05, 0.1) is 6.04 Å². The highest BCUT2D eigenvalue weighted by molar-refractivity contribution is 9.11. The Bertz CT molecular complexity index is 642. The van der Waals surface area contributed by atoms with Gasteiger partial charge in [-0.05, 0) is 37.5 Å². The SMILES string of the molecule is BrC1=CCC2N=C(c3ccc(N4CCCC4)nc3)SC2=C1. The monoisotopic (exact) mass is 361 g/mol. The summed E-state index contributed by atoms with van der Waals surface area (Å²) in [5, 5.41) is 1.10. The van der Waals surface area contributed by atoms with E-state index in [1.54, 1.807) is 11.8 Å². The third-order valence-electron chi connectivity index (χ3n) is 4.06. The van der Waals surface area contributed by atoms with Crippen LogP contribution in [0.1, 0.15) is 24.8 Å². The number of nitrogens with zero attached hydrogens (tertiary/aromatic N) is 3. The molecule has 1 fully saturated rings. The quantitative estimate of drug-likeness (QED) is 0.793. The van der Waals surface area contributed by atoms with Crippen LogP contribution in [-0.2, 0) is 0 Å². The summed E-state index contributed by atoms with van der Waals surface area (Å²) in [6.45, 7) is 2.27. The van der Waals surface area contributed by atoms with Crippen LogP contribution in [0.4, 0.5) is 5.82 Å². The molecule has 108 valence electrons. The van der Waals surface area contributed by atoms with Crippen LogP contribution in [0.2, 0.25) is 0 Å². The molecule has 1 aromatic heterocycles. The average Bonchev–Trinajstić information content (AvgIpc) is 3.16. The Morgan fingerprint density at radius 3 is 2.86 bits per heavy atom. The second-order valence-electron chi connectivity index (χ2n) is 5.52. The van der Waals surface area contributed by atoms with E-state index >= 15 is 0 Å². The van der Waals surface area contributed by atoms with Gasteiger partial charge in [0.2, 0.25) is 0 Å². The van der Waals surface area contributed by atoms with Crippen molar-refractivity contribution in [2.75, 3.05) is 18.0 Å². The van der Waals surface area contributed by atoms with Gasteiger partial charge in [0.15, 0.2) is 0 Å². The second-order valence-corrected chi connectivity index (χ2v) is 7.50. The predicted molar refractivity (Wildman–Crippen MR) is 93.3 cm³/mol. The number of aromatic nitrogens is 1. The van der Waals surface area contributed by atoms with Gasteiger partial charge in [-0.1, -0.05) is 33.8 Å². The van der Waals surface area contributed by atoms with Crippen LogP contribution in [-0.4, -0.2) is 29.2 Å². The summed E-state index contributed by atoms with van der Waals surface area (Å²) < 4.78 is 1.17. The zero-order valence-electron chi connectivity index (χ0n) is 11.6. The molecule has 3 heterocycles. The zero-order chi connectivity index (χ0) is 14.2. The van der Waals surface area contributed by atoms with E-state index in [9.17, 15) is 0 Å². The van der Waals surface area contributed by atoms with Crippen molar-refractivity contribution in [1.29, 1.82) is 0 Å². The van der Waals surface area contributed by atoms with Crippen LogP contribution in [0.5, 0.6) is 0 Å². The molecule has 0 radical (unpaired) electrons. The van der Waals surface area contributed by atoms with Crippen molar-refractivity contribution in [1.82, 2.24) is 4.98 Å². The van der Waals surface area contributed by atoms with Gasteiger partial charge >= 0.3 is 0 Å². The molecule has 2 aliphatic heterocycles. The van der Waals surface area contributed by atoms with E-state index in [-0.39, 0.29) is 0 Å². The molecule has 0 aromatic carbocycles. The number of pyridine rings is 1. The molecule has 0 saturated carbocycles. The Kier molecular flexibility index (Phi) is 3.63. The van der Waals surface area contributed by atoms with Crippen LogP contribution in [0.15, 0.2) is 44.9 Å². The third-order valence-corrected chi connectivity index (χ3v) is 5.77. The van der Waals surface area contributed by atoms with Crippen molar-refractivity contribution >= 4 is 38.6 Å². The third kappa shape index (κ3) is 2.69. The number of allylic oxidation sites excluding steroid dienone is 2. The summed E-state index contributed by atoms with van der Waals surface area (Å²) in [4.78, 5) is 13.2. The first kappa shape index (κ1) is 13.6. The fourth-order valence-electron chi connectivity index (χ4n) is 2.90. The zero-order valence-corrected chi connectivity index (χ0v) is 14.0. The summed E-state index contributed by atoms with van der Waals surface area (Å²) in [6.07, 6.45) is 9.90. The molecule has 0 N–H and O–H groups in total. The number of anilines is 1. The van der Waals surface area contributed by atoms with Crippen molar-refractivity contribution in [2.24, 2.45) is 4.99 Å². The van der Waals surface area contributed by atoms with E-state index in [2.05, 4.69) is 50.1 Å². The van der Waals surface area contributed by atoms with Crippen molar-refractivity contribution in [2.45, 2.75) is 25.3 Å². The van der Waals surface area contributed by atoms with Crippen molar-refractivity contribution in [3.63, 3.8) is 0 Å². The lowest BCUT2D eigenvalue weighted by Gasteiger charge is -2.16. The maximum Gasteiger partial charge on any atom is 0.128 e. The number of fused-ring (bicyclic) bond motifs is 1. The lowest BCUT2D eigenvalue weighted by atomic mass is 10.1. The van der Waals surface area contributed by atoms with Crippen LogP contribution in [0, 0.1) is 0 Å². The molecule has 21 heavy (non-hydrogen) atoms. The van der Waals surface area contributed by atoms with E-state index in [1.807, 2.05) is 6.20 Å². The van der Waals surface area contributed by atoms with Gasteiger partial charge in [-0.15, -0.1) is 0 Å². The Balaban J connectivity index is 1.54. The highest BCUT2D eigenvalue weighted by atomic mass is 79.9. The van der Waals surface area contributed by atoms with E-state index in [0.717, 1.165) is 35.9 Å². The summed E-state index contributed by atoms with van der Waals surface area (Å²) in [5.74, 6) is 1.10. The molecule has 4 rings (SSSR count). The number of halogens is 1. The van der Waals surface area contributed by atoms with Crippen LogP contribution < -0.4 is 4.90 Å². The van der Waals surface area contributed by atoms with Gasteiger partial charge < -0.3 is 4.90 Å². The van der Waals surface area contributed by atoms with Gasteiger partial charge in [0, 0.05) is 34.2 Å². The smallest absolute Gasteiger partial charge is 0.128 e. The molecule has 1 saturated heterocycles. The molecule has 3 nitrogen and oxygen atoms in total. The summed E-state index contributed by atoms with van der Waals surface area (Å²) in [6, 6.07) is 4.60. The van der Waals surface area contributed by atoms with Crippen LogP contribution >= 0.6 is 27.7 Å². The van der Waals surface area contributed by atoms with Crippen molar-refractivity contribution in [3.05, 3.63) is 45.4 Å². The number of hydrogen-bond acceptors (Lipinski definition) is 4. The Morgan fingerprint density at radius 1 is 1.24 bits per heavy atom. The highest BCUT2D eigenvalue weighted by Crippen LogP contribution is 2.39. The Labute approximate surface area is 137 Å². The molecule has 5 heteroatoms. The molecule has 1 aromatic rings. The summed E-state index contributed by atoms with van der Waals surface area (Å²) >= 11 is 5.33. The maximum absolute atomic E-state index is 4.83. The highest BCUT2D eigenvalue weighted by Gasteiger charge is 2.26. The lowest BCUT2D eigenvalue weighted by molar-refractivity contribution is 0.825. The topological polar surface area (TPSA) is 28.5 Å². The first-order valence-corrected chi connectivity index (χ1v) is 8.95. The van der Waals surface area contributed by atoms with Crippen LogP contribution in [0.25, 0.3) is 0 Å². The molecular weight excluding hydrogens is 346 g/mol. The van der Waals surface area contributed by atoms with Gasteiger partial charge in [-0.2, -0.15) is 0 Å². The van der Waals surface area contributed by atoms with E-state index in [0.29, 0.717) is 6.04 Å². The number of thioether (sulfide) groups is 1. The predicted octanol–water partition coefficient (Wildman–Crippen LogP) is 4.11. The van der Waals surface area contributed by atoms with Gasteiger partial charge in [0.1, 0.15) is 10.9 Å². The number of hydrogen-bond donors (Lipinski definition) is 0. The average molecular weight is 362 g/mol. The number of aliphatic imine (C=N–C) groups is 1. The molecule has 0 bridgehead atoms. The summed E-state index contributed by atoms with van der Waals surface area (Å²) in [5.41, 5.74) is 1.13. The first-order valence-electron chi connectivity index (χ1n) is 7.34. The molecule has 3 aliphatic rings. The molecular formula is C16H16BrN3S. The first-order chi connectivity index (χ1) is 10.3. The molecule has 1 atom stereocenters. The summed E-state index contributed by atoms with van der Waals surface area (Å²) in [7, 11) is 0. The van der Waals surface area contributed by atoms with E-state index in [1.165, 1.54) is 22.2 Å². The Hall–Kier alpha value is -1.07. The van der Waals surface area contributed by atoms with Gasteiger partial charge in [-0.3, -0.25) is 4.99 Å². The molecule has 1 unspecified atom stereocenters. The van der Waals surface area contributed by atoms with Crippen LogP contribution in [0.3, 0.4) is 0 Å². The fraction of sp³-hybridized carbons (Fsp3) is 0.375. The largest absolute Gasteiger partial charge is 0.357 e. The maximum atomic E-state index is 4.83. The number of rotatable bonds is 2. The fourth-order valence-corrected chi connectivity index (χ4v) is 4.60. The lowest BCUT2D eigenvalue weighted by Crippen LogP contribution is -2.18. The standard InChI is InChI=1S/C16H16BrN3S/c17-12-4-5-13-14(9-12)21-16(19-13)11-3-6-15(18-10-11)20-7-1-2-8-20/h3-4,6,9-10,13H,1-2,5,7-8H2. The van der Waals surface area contributed by atoms with Gasteiger partial charge in [-0.25, -0.2) is 4.98 Å². The Morgan fingerprint density at radius 2 is 2.10 bits per heavy atom. The normalized spacial score (nSPS) is 24.5. The second kappa shape index (κ2) is 5.61. The molecule has 0 spiro atoms. The van der Waals surface area contributed by atoms with Gasteiger partial charge in [0.25, 0.3) is 0 Å². The minimum atomic E-state index is 0.310. The van der Waals surface area contributed by atoms with E-state index < -0.39 is 0 Å². The minimum absolute atomic E-state index is 0.310. The molecule has 1 aliphatic carbocycles. The van der Waals surface area contributed by atoms with Crippen molar-refractivity contribution in [3.8, 4) is 0 Å². The minimum Gasteiger partial charge on any atom is -0.357 e. The van der Waals surface area contributed by atoms with Crippen molar-refractivity contribution < 1.29 is 0 Å².